The molecule has 0 aromatic carbocycles. The molecule has 0 radical (unpaired) electrons. The van der Waals surface area contributed by atoms with Crippen LogP contribution in [-0.4, -0.2) is 45.6 Å². The third-order valence-corrected chi connectivity index (χ3v) is 10.2. The van der Waals surface area contributed by atoms with Gasteiger partial charge in [0.2, 0.25) is 0 Å². The van der Waals surface area contributed by atoms with Crippen LogP contribution in [0.3, 0.4) is 0 Å². The number of cyclic esters (lactones) is 1. The largest absolute Gasteiger partial charge is 0.459 e. The molecule has 6 nitrogen and oxygen atoms in total. The first-order valence-corrected chi connectivity index (χ1v) is 12.5. The lowest BCUT2D eigenvalue weighted by atomic mass is 9.50. The quantitative estimate of drug-likeness (QED) is 0.489. The molecule has 33 heavy (non-hydrogen) atoms. The number of aliphatic hydroxyl groups is 2. The lowest BCUT2D eigenvalue weighted by Crippen LogP contribution is -2.58. The Hall–Kier alpha value is -1.79. The van der Waals surface area contributed by atoms with Gasteiger partial charge >= 0.3 is 5.97 Å². The summed E-state index contributed by atoms with van der Waals surface area (Å²) in [5.74, 6) is -1.65. The zero-order chi connectivity index (χ0) is 23.9. The van der Waals surface area contributed by atoms with Gasteiger partial charge in [-0.05, 0) is 69.3 Å². The van der Waals surface area contributed by atoms with Crippen LogP contribution in [0.2, 0.25) is 0 Å². The maximum absolute atomic E-state index is 13.6. The van der Waals surface area contributed by atoms with E-state index in [0.29, 0.717) is 12.8 Å². The smallest absolute Gasteiger partial charge is 0.309 e. The van der Waals surface area contributed by atoms with E-state index in [1.807, 2.05) is 26.8 Å². The molecule has 2 saturated carbocycles. The van der Waals surface area contributed by atoms with Gasteiger partial charge in [-0.15, -0.1) is 0 Å². The fraction of sp³-hybridized carbons (Fsp3) is 0.741. The van der Waals surface area contributed by atoms with E-state index < -0.39 is 35.1 Å². The van der Waals surface area contributed by atoms with Crippen LogP contribution in [0.1, 0.15) is 59.8 Å². The average Bonchev–Trinajstić information content (AvgIpc) is 3.11. The van der Waals surface area contributed by atoms with Crippen LogP contribution in [0, 0.1) is 46.8 Å². The van der Waals surface area contributed by atoms with Crippen LogP contribution >= 0.6 is 0 Å². The number of carbonyl (C=O) groups excluding carboxylic acids is 3. The Balaban J connectivity index is 1.46. The summed E-state index contributed by atoms with van der Waals surface area (Å²) in [4.78, 5) is 39.0. The highest BCUT2D eigenvalue weighted by atomic mass is 16.6. The fourth-order valence-corrected chi connectivity index (χ4v) is 7.96. The third-order valence-electron chi connectivity index (χ3n) is 10.2. The predicted molar refractivity (Wildman–Crippen MR) is 121 cm³/mol. The van der Waals surface area contributed by atoms with Crippen molar-refractivity contribution in [3.8, 4) is 0 Å². The second-order valence-corrected chi connectivity index (χ2v) is 11.8. The minimum atomic E-state index is -1.51. The number of hydrogen-bond donors (Lipinski definition) is 2. The summed E-state index contributed by atoms with van der Waals surface area (Å²) >= 11 is 0. The van der Waals surface area contributed by atoms with Crippen molar-refractivity contribution in [2.24, 2.45) is 46.8 Å². The highest BCUT2D eigenvalue weighted by Gasteiger charge is 2.64. The summed E-state index contributed by atoms with van der Waals surface area (Å²) in [6.45, 7) is 7.41. The van der Waals surface area contributed by atoms with Crippen LogP contribution in [-0.2, 0) is 19.1 Å². The lowest BCUT2D eigenvalue weighted by Gasteiger charge is -2.53. The standard InChI is InChI=1S/C27H36O6/c1-13-10-22(33-25(31)14(13)2)27(4,32)24-20(29)11-17-16-9-8-15-6-5-7-21(30)26(15,3)18(16)12-19(28)23(17)24/h5,7-8,13-14,16-18,20,22-24,29,32H,6,9-12H2,1-4H3/t13-,14+,16-,17-,18-,20-,22+,23+,24-,26-,27-/m0/s1. The maximum Gasteiger partial charge on any atom is 0.309 e. The number of esters is 1. The predicted octanol–water partition coefficient (Wildman–Crippen LogP) is 3.01. The van der Waals surface area contributed by atoms with E-state index in [-0.39, 0.29) is 53.5 Å². The molecule has 0 unspecified atom stereocenters. The molecular weight excluding hydrogens is 420 g/mol. The summed E-state index contributed by atoms with van der Waals surface area (Å²) in [7, 11) is 0. The topological polar surface area (TPSA) is 101 Å². The van der Waals surface area contributed by atoms with Gasteiger partial charge in [0, 0.05) is 18.3 Å². The molecule has 1 heterocycles. The van der Waals surface area contributed by atoms with Crippen molar-refractivity contribution in [1.29, 1.82) is 0 Å². The highest BCUT2D eigenvalue weighted by molar-refractivity contribution is 5.99. The molecule has 0 aromatic heterocycles. The first-order chi connectivity index (χ1) is 15.5. The van der Waals surface area contributed by atoms with E-state index in [2.05, 4.69) is 6.08 Å². The van der Waals surface area contributed by atoms with Gasteiger partial charge in [0.05, 0.1) is 17.4 Å². The second-order valence-electron chi connectivity index (χ2n) is 11.8. The Morgan fingerprint density at radius 2 is 1.88 bits per heavy atom. The van der Waals surface area contributed by atoms with Crippen LogP contribution in [0.5, 0.6) is 0 Å². The molecule has 2 N–H and O–H groups in total. The number of ether oxygens (including phenoxy) is 1. The molecule has 180 valence electrons. The van der Waals surface area contributed by atoms with E-state index in [1.165, 1.54) is 0 Å². The van der Waals surface area contributed by atoms with Crippen LogP contribution < -0.4 is 0 Å². The van der Waals surface area contributed by atoms with E-state index in [4.69, 9.17) is 4.74 Å². The second kappa shape index (κ2) is 7.61. The number of rotatable bonds is 2. The fourth-order valence-electron chi connectivity index (χ4n) is 7.96. The molecule has 0 amide bonds. The summed E-state index contributed by atoms with van der Waals surface area (Å²) in [5, 5.41) is 22.9. The van der Waals surface area contributed by atoms with Crippen molar-refractivity contribution in [3.63, 3.8) is 0 Å². The van der Waals surface area contributed by atoms with Crippen molar-refractivity contribution in [1.82, 2.24) is 0 Å². The van der Waals surface area contributed by atoms with Crippen molar-refractivity contribution < 1.29 is 29.3 Å². The SMILES string of the molecule is C[C@H]1C[C@H]([C@](C)(O)[C@@H]2[C@H]3C(=O)C[C@H]4[C@@H](CC=C5CC=CC(=O)[C@@]54C)[C@@H]3C[C@@H]2O)OC(=O)[C@@H]1C. The Morgan fingerprint density at radius 3 is 2.58 bits per heavy atom. The number of ketones is 2. The van der Waals surface area contributed by atoms with Gasteiger partial charge in [0.1, 0.15) is 17.5 Å². The molecule has 0 bridgehead atoms. The highest BCUT2D eigenvalue weighted by Crippen LogP contribution is 2.61. The monoisotopic (exact) mass is 456 g/mol. The van der Waals surface area contributed by atoms with Crippen molar-refractivity contribution >= 4 is 17.5 Å². The van der Waals surface area contributed by atoms with E-state index in [9.17, 15) is 24.6 Å². The summed E-state index contributed by atoms with van der Waals surface area (Å²) < 4.78 is 5.64. The Bertz CT molecular complexity index is 946. The number of Topliss-reactive ketones (excluding diaryl/α,β-unsaturated/α-hetero) is 1. The Morgan fingerprint density at radius 1 is 1.15 bits per heavy atom. The summed E-state index contributed by atoms with van der Waals surface area (Å²) in [6.07, 6.45) is 6.90. The molecule has 3 fully saturated rings. The zero-order valence-corrected chi connectivity index (χ0v) is 20.0. The van der Waals surface area contributed by atoms with Gasteiger partial charge in [-0.2, -0.15) is 0 Å². The minimum absolute atomic E-state index is 0.0245. The molecule has 0 spiro atoms. The third kappa shape index (κ3) is 3.16. The van der Waals surface area contributed by atoms with Gasteiger partial charge < -0.3 is 14.9 Å². The number of aliphatic hydroxyl groups excluding tert-OH is 1. The molecule has 0 aromatic rings. The van der Waals surface area contributed by atoms with E-state index >= 15 is 0 Å². The number of fused-ring (bicyclic) bond motifs is 5. The van der Waals surface area contributed by atoms with Gasteiger partial charge in [-0.25, -0.2) is 0 Å². The molecule has 11 atom stereocenters. The van der Waals surface area contributed by atoms with E-state index in [1.54, 1.807) is 13.0 Å². The number of allylic oxidation sites excluding steroid dienone is 4. The summed E-state index contributed by atoms with van der Waals surface area (Å²) in [6, 6.07) is 0. The normalized spacial score (nSPS) is 48.8. The van der Waals surface area contributed by atoms with Crippen molar-refractivity contribution in [3.05, 3.63) is 23.8 Å². The molecule has 4 aliphatic carbocycles. The minimum Gasteiger partial charge on any atom is -0.459 e. The van der Waals surface area contributed by atoms with E-state index in [0.717, 1.165) is 18.4 Å². The maximum atomic E-state index is 13.6. The molecular formula is C27H36O6. The molecule has 5 rings (SSSR count). The molecule has 1 saturated heterocycles. The number of hydrogen-bond acceptors (Lipinski definition) is 6. The Labute approximate surface area is 195 Å². The summed E-state index contributed by atoms with van der Waals surface area (Å²) in [5.41, 5.74) is -1.05. The number of carbonyl (C=O) groups is 3. The Kier molecular flexibility index (Phi) is 5.30. The first-order valence-electron chi connectivity index (χ1n) is 12.5. The molecule has 1 aliphatic heterocycles. The van der Waals surface area contributed by atoms with Gasteiger partial charge in [-0.1, -0.05) is 31.6 Å². The molecule has 6 heteroatoms. The van der Waals surface area contributed by atoms with Crippen LogP contribution in [0.4, 0.5) is 0 Å². The van der Waals surface area contributed by atoms with Crippen LogP contribution in [0.25, 0.3) is 0 Å². The lowest BCUT2D eigenvalue weighted by molar-refractivity contribution is -0.199. The van der Waals surface area contributed by atoms with Gasteiger partial charge in [0.25, 0.3) is 0 Å². The van der Waals surface area contributed by atoms with Crippen molar-refractivity contribution in [2.45, 2.75) is 77.6 Å². The zero-order valence-electron chi connectivity index (χ0n) is 20.0. The van der Waals surface area contributed by atoms with Gasteiger partial charge in [0.15, 0.2) is 5.78 Å². The van der Waals surface area contributed by atoms with Crippen molar-refractivity contribution in [2.75, 3.05) is 0 Å². The molecule has 5 aliphatic rings. The first kappa shape index (κ1) is 23.0. The van der Waals surface area contributed by atoms with Crippen LogP contribution in [0.15, 0.2) is 23.8 Å². The average molecular weight is 457 g/mol. The van der Waals surface area contributed by atoms with Gasteiger partial charge in [-0.3, -0.25) is 14.4 Å².